The topological polar surface area (TPSA) is 42.4 Å². The van der Waals surface area contributed by atoms with E-state index >= 15 is 0 Å². The van der Waals surface area contributed by atoms with E-state index in [0.717, 1.165) is 28.0 Å². The van der Waals surface area contributed by atoms with Crippen LogP contribution in [0.15, 0.2) is 30.6 Å². The van der Waals surface area contributed by atoms with Gasteiger partial charge in [0.15, 0.2) is 0 Å². The third kappa shape index (κ3) is 3.26. The molecule has 1 aliphatic rings. The molecule has 2 unspecified atom stereocenters. The van der Waals surface area contributed by atoms with E-state index in [9.17, 15) is 5.11 Å². The summed E-state index contributed by atoms with van der Waals surface area (Å²) in [5, 5.41) is 10.6. The van der Waals surface area contributed by atoms with Crippen molar-refractivity contribution in [3.8, 4) is 22.6 Å². The summed E-state index contributed by atoms with van der Waals surface area (Å²) in [7, 11) is 0. The molecule has 1 aromatic heterocycles. The highest BCUT2D eigenvalue weighted by Gasteiger charge is 2.24. The predicted octanol–water partition coefficient (Wildman–Crippen LogP) is 5.67. The fraction of sp³-hybridized carbons (Fsp3) is 0.476. The van der Waals surface area contributed by atoms with Crippen molar-refractivity contribution >= 4 is 0 Å². The van der Waals surface area contributed by atoms with Crippen LogP contribution in [0.25, 0.3) is 11.1 Å². The highest BCUT2D eigenvalue weighted by molar-refractivity contribution is 5.80. The van der Waals surface area contributed by atoms with Gasteiger partial charge in [-0.05, 0) is 35.6 Å². The normalized spacial score (nSPS) is 15.1. The number of aromatic hydroxyl groups is 1. The molecular weight excluding hydrogens is 298 g/mol. The lowest BCUT2D eigenvalue weighted by atomic mass is 9.84. The number of benzene rings is 1. The summed E-state index contributed by atoms with van der Waals surface area (Å²) in [6.45, 7) is 7.32. The average molecular weight is 325 g/mol. The van der Waals surface area contributed by atoms with Gasteiger partial charge in [0.05, 0.1) is 5.56 Å². The Bertz CT molecular complexity index is 711. The van der Waals surface area contributed by atoms with Crippen molar-refractivity contribution in [1.82, 2.24) is 4.98 Å². The zero-order valence-corrected chi connectivity index (χ0v) is 14.9. The van der Waals surface area contributed by atoms with Gasteiger partial charge in [-0.3, -0.25) is 4.98 Å². The Morgan fingerprint density at radius 1 is 1.25 bits per heavy atom. The number of rotatable bonds is 6. The van der Waals surface area contributed by atoms with Crippen LogP contribution in [0.4, 0.5) is 0 Å². The van der Waals surface area contributed by atoms with Gasteiger partial charge in [-0.25, -0.2) is 0 Å². The largest absolute Gasteiger partial charge is 0.507 e. The Morgan fingerprint density at radius 2 is 2.08 bits per heavy atom. The molecule has 0 saturated carbocycles. The summed E-state index contributed by atoms with van der Waals surface area (Å²) in [4.78, 5) is 4.20. The van der Waals surface area contributed by atoms with Crippen LogP contribution in [0.2, 0.25) is 0 Å². The highest BCUT2D eigenvalue weighted by Crippen LogP contribution is 2.45. The van der Waals surface area contributed by atoms with Crippen LogP contribution in [0.1, 0.15) is 63.5 Å². The second kappa shape index (κ2) is 7.25. The van der Waals surface area contributed by atoms with E-state index in [4.69, 9.17) is 4.74 Å². The van der Waals surface area contributed by atoms with Crippen LogP contribution in [0.3, 0.4) is 0 Å². The van der Waals surface area contributed by atoms with Crippen LogP contribution in [-0.2, 0) is 6.61 Å². The van der Waals surface area contributed by atoms with E-state index in [1.807, 2.05) is 18.3 Å². The van der Waals surface area contributed by atoms with Crippen molar-refractivity contribution < 1.29 is 9.84 Å². The fourth-order valence-corrected chi connectivity index (χ4v) is 3.49. The number of unbranched alkanes of at least 4 members (excludes halogenated alkanes) is 2. The minimum Gasteiger partial charge on any atom is -0.507 e. The van der Waals surface area contributed by atoms with Gasteiger partial charge < -0.3 is 9.84 Å². The monoisotopic (exact) mass is 325 g/mol. The van der Waals surface area contributed by atoms with Gasteiger partial charge in [0, 0.05) is 23.5 Å². The fourth-order valence-electron chi connectivity index (χ4n) is 3.49. The number of pyridine rings is 1. The van der Waals surface area contributed by atoms with Crippen molar-refractivity contribution in [1.29, 1.82) is 0 Å². The van der Waals surface area contributed by atoms with Crippen molar-refractivity contribution in [3.05, 3.63) is 41.7 Å². The maximum Gasteiger partial charge on any atom is 0.131 e. The number of ether oxygens (including phenoxy) is 1. The number of fused-ring (bicyclic) bond motifs is 3. The van der Waals surface area contributed by atoms with E-state index in [0.29, 0.717) is 24.2 Å². The zero-order chi connectivity index (χ0) is 17.1. The Labute approximate surface area is 144 Å². The molecule has 3 nitrogen and oxygen atoms in total. The lowest BCUT2D eigenvalue weighted by Gasteiger charge is -2.25. The molecule has 2 atom stereocenters. The van der Waals surface area contributed by atoms with Crippen LogP contribution in [0, 0.1) is 5.92 Å². The molecule has 3 rings (SSSR count). The third-order valence-electron chi connectivity index (χ3n) is 5.31. The van der Waals surface area contributed by atoms with Crippen LogP contribution in [-0.4, -0.2) is 10.1 Å². The Kier molecular flexibility index (Phi) is 5.08. The molecule has 0 radical (unpaired) electrons. The first-order chi connectivity index (χ1) is 11.6. The number of hydrogen-bond acceptors (Lipinski definition) is 3. The summed E-state index contributed by atoms with van der Waals surface area (Å²) < 4.78 is 5.91. The lowest BCUT2D eigenvalue weighted by molar-refractivity contribution is 0.299. The predicted molar refractivity (Wildman–Crippen MR) is 97.4 cm³/mol. The molecular formula is C21H27NO2. The number of hydrogen-bond donors (Lipinski definition) is 1. The third-order valence-corrected chi connectivity index (χ3v) is 5.31. The highest BCUT2D eigenvalue weighted by atomic mass is 16.5. The molecule has 0 bridgehead atoms. The SMILES string of the molecule is CCCCCC(C)C(C)c1cc(O)c2c(c1)OCc1ccncc1-2. The Balaban J connectivity index is 1.87. The van der Waals surface area contributed by atoms with Crippen LogP contribution in [0.5, 0.6) is 11.5 Å². The molecule has 0 spiro atoms. The molecule has 0 aliphatic carbocycles. The first-order valence-electron chi connectivity index (χ1n) is 9.04. The summed E-state index contributed by atoms with van der Waals surface area (Å²) in [6, 6.07) is 5.96. The van der Waals surface area contributed by atoms with Crippen molar-refractivity contribution in [3.63, 3.8) is 0 Å². The lowest BCUT2D eigenvalue weighted by Crippen LogP contribution is -2.10. The standard InChI is InChI=1S/C21H27NO2/c1-4-5-6-7-14(2)15(3)17-10-19(23)21-18-12-22-9-8-16(18)13-24-20(21)11-17/h8-12,14-15,23H,4-7,13H2,1-3H3. The molecule has 1 N–H and O–H groups in total. The molecule has 2 aromatic rings. The second-order valence-electron chi connectivity index (χ2n) is 7.00. The molecule has 0 saturated heterocycles. The van der Waals surface area contributed by atoms with E-state index in [1.54, 1.807) is 6.20 Å². The molecule has 3 heteroatoms. The zero-order valence-electron chi connectivity index (χ0n) is 14.9. The minimum atomic E-state index is 0.295. The van der Waals surface area contributed by atoms with Gasteiger partial charge in [0.25, 0.3) is 0 Å². The quantitative estimate of drug-likeness (QED) is 0.696. The summed E-state index contributed by atoms with van der Waals surface area (Å²) in [5.41, 5.74) is 3.98. The Hall–Kier alpha value is -2.03. The van der Waals surface area contributed by atoms with E-state index in [1.165, 1.54) is 25.7 Å². The van der Waals surface area contributed by atoms with E-state index in [2.05, 4.69) is 31.8 Å². The Morgan fingerprint density at radius 3 is 2.88 bits per heavy atom. The second-order valence-corrected chi connectivity index (χ2v) is 7.00. The summed E-state index contributed by atoms with van der Waals surface area (Å²) in [5.74, 6) is 2.06. The van der Waals surface area contributed by atoms with E-state index < -0.39 is 0 Å². The van der Waals surface area contributed by atoms with Gasteiger partial charge >= 0.3 is 0 Å². The number of phenolic OH excluding ortho intramolecular Hbond substituents is 1. The van der Waals surface area contributed by atoms with Crippen LogP contribution < -0.4 is 4.74 Å². The van der Waals surface area contributed by atoms with Gasteiger partial charge in [-0.15, -0.1) is 0 Å². The molecule has 1 aliphatic heterocycles. The first kappa shape index (κ1) is 16.8. The number of nitrogens with zero attached hydrogens (tertiary/aromatic N) is 1. The maximum absolute atomic E-state index is 10.6. The molecule has 1 aromatic carbocycles. The van der Waals surface area contributed by atoms with Crippen molar-refractivity contribution in [2.24, 2.45) is 5.92 Å². The molecule has 0 amide bonds. The molecule has 24 heavy (non-hydrogen) atoms. The summed E-state index contributed by atoms with van der Waals surface area (Å²) >= 11 is 0. The first-order valence-corrected chi connectivity index (χ1v) is 9.04. The van der Waals surface area contributed by atoms with Crippen molar-refractivity contribution in [2.75, 3.05) is 0 Å². The van der Waals surface area contributed by atoms with E-state index in [-0.39, 0.29) is 0 Å². The number of phenols is 1. The number of aromatic nitrogens is 1. The van der Waals surface area contributed by atoms with Gasteiger partial charge in [0.1, 0.15) is 18.1 Å². The van der Waals surface area contributed by atoms with Gasteiger partial charge in [0.2, 0.25) is 0 Å². The minimum absolute atomic E-state index is 0.295. The van der Waals surface area contributed by atoms with Crippen molar-refractivity contribution in [2.45, 2.75) is 59.0 Å². The molecule has 0 fully saturated rings. The van der Waals surface area contributed by atoms with Crippen LogP contribution >= 0.6 is 0 Å². The molecule has 2 heterocycles. The smallest absolute Gasteiger partial charge is 0.131 e. The summed E-state index contributed by atoms with van der Waals surface area (Å²) in [6.07, 6.45) is 8.61. The van der Waals surface area contributed by atoms with Gasteiger partial charge in [-0.1, -0.05) is 46.5 Å². The average Bonchev–Trinajstić information content (AvgIpc) is 2.60. The van der Waals surface area contributed by atoms with Gasteiger partial charge in [-0.2, -0.15) is 0 Å². The maximum atomic E-state index is 10.6. The molecule has 128 valence electrons.